The summed E-state index contributed by atoms with van der Waals surface area (Å²) in [4.78, 5) is 2.40. The molecule has 5 radical (unpaired) electrons. The molecule has 0 amide bonds. The highest BCUT2D eigenvalue weighted by molar-refractivity contribution is 6.97. The van der Waals surface area contributed by atoms with E-state index in [4.69, 9.17) is 21.3 Å². The van der Waals surface area contributed by atoms with Crippen molar-refractivity contribution in [2.24, 2.45) is 5.73 Å². The van der Waals surface area contributed by atoms with E-state index < -0.39 is 0 Å². The van der Waals surface area contributed by atoms with E-state index in [1.807, 2.05) is 32.0 Å². The summed E-state index contributed by atoms with van der Waals surface area (Å²) >= 11 is 0. The minimum atomic E-state index is -0.0672. The van der Waals surface area contributed by atoms with E-state index >= 15 is 0 Å². The van der Waals surface area contributed by atoms with Gasteiger partial charge in [-0.05, 0) is 31.2 Å². The van der Waals surface area contributed by atoms with Crippen molar-refractivity contribution in [3.63, 3.8) is 0 Å². The molecule has 0 bridgehead atoms. The molecule has 1 heterocycles. The van der Waals surface area contributed by atoms with Gasteiger partial charge >= 0.3 is 0 Å². The van der Waals surface area contributed by atoms with Crippen LogP contribution in [-0.2, 0) is 0 Å². The Morgan fingerprint density at radius 2 is 2.08 bits per heavy atom. The van der Waals surface area contributed by atoms with Crippen LogP contribution in [0.1, 0.15) is 45.1 Å². The molecule has 1 aliphatic heterocycles. The highest BCUT2D eigenvalue weighted by Crippen LogP contribution is 2.20. The fourth-order valence-electron chi connectivity index (χ4n) is 3.26. The molecular weight excluding hydrogens is 291 g/mol. The van der Waals surface area contributed by atoms with Crippen LogP contribution in [0.4, 0.5) is 0 Å². The molecule has 0 spiro atoms. The maximum Gasteiger partial charge on any atom is 0.0960 e. The van der Waals surface area contributed by atoms with E-state index in [0.29, 0.717) is 6.04 Å². The second-order valence-corrected chi connectivity index (χ2v) is 6.14. The van der Waals surface area contributed by atoms with E-state index in [0.717, 1.165) is 44.5 Å². The maximum atomic E-state index is 6.39. The number of nitrogens with one attached hydrogen (secondary N) is 1. The summed E-state index contributed by atoms with van der Waals surface area (Å²) in [6.45, 7) is 10.2. The number of rotatable bonds is 8. The van der Waals surface area contributed by atoms with Crippen molar-refractivity contribution < 1.29 is 0 Å². The second kappa shape index (κ2) is 11.8. The van der Waals surface area contributed by atoms with Crippen molar-refractivity contribution in [2.45, 2.75) is 51.5 Å². The minimum Gasteiger partial charge on any atom is -0.326 e. The first kappa shape index (κ1) is 21.3. The molecule has 0 saturated carbocycles. The summed E-state index contributed by atoms with van der Waals surface area (Å²) < 4.78 is 0. The van der Waals surface area contributed by atoms with Crippen LogP contribution in [0.25, 0.3) is 0 Å². The smallest absolute Gasteiger partial charge is 0.0960 e. The average Bonchev–Trinajstić information content (AvgIpc) is 3.03. The molecule has 1 aromatic rings. The SMILES string of the molecule is CC.[B][B]c1ccccc1C(CC)C([B])NCCN1CCC(N)C1. The first-order valence-electron chi connectivity index (χ1n) is 9.26. The Bertz CT molecular complexity index is 459. The lowest BCUT2D eigenvalue weighted by Gasteiger charge is -2.28. The van der Waals surface area contributed by atoms with Crippen LogP contribution >= 0.6 is 0 Å². The summed E-state index contributed by atoms with van der Waals surface area (Å²) in [6, 6.07) is 8.54. The first-order chi connectivity index (χ1) is 11.7. The van der Waals surface area contributed by atoms with Crippen LogP contribution in [0.15, 0.2) is 24.3 Å². The Kier molecular flexibility index (Phi) is 10.5. The summed E-state index contributed by atoms with van der Waals surface area (Å²) in [7, 11) is 13.8. The van der Waals surface area contributed by atoms with Crippen molar-refractivity contribution in [2.75, 3.05) is 26.2 Å². The van der Waals surface area contributed by atoms with Gasteiger partial charge in [-0.25, -0.2) is 0 Å². The predicted molar refractivity (Wildman–Crippen MR) is 109 cm³/mol. The van der Waals surface area contributed by atoms with Gasteiger partial charge in [0, 0.05) is 33.4 Å². The van der Waals surface area contributed by atoms with E-state index in [1.165, 1.54) is 5.56 Å². The number of hydrogen-bond donors (Lipinski definition) is 2. The molecular formula is C18H31B3N3. The van der Waals surface area contributed by atoms with Crippen LogP contribution < -0.4 is 16.5 Å². The molecule has 0 aromatic heterocycles. The normalized spacial score (nSPS) is 20.1. The van der Waals surface area contributed by atoms with Gasteiger partial charge in [-0.1, -0.05) is 56.1 Å². The van der Waals surface area contributed by atoms with Gasteiger partial charge in [-0.2, -0.15) is 0 Å². The molecule has 1 aliphatic rings. The van der Waals surface area contributed by atoms with Gasteiger partial charge < -0.3 is 16.0 Å². The molecule has 3 atom stereocenters. The minimum absolute atomic E-state index is 0.0672. The summed E-state index contributed by atoms with van der Waals surface area (Å²) in [5.41, 5.74) is 8.22. The zero-order chi connectivity index (χ0) is 17.9. The first-order valence-corrected chi connectivity index (χ1v) is 9.26. The molecule has 3 N–H and O–H groups in total. The van der Waals surface area contributed by atoms with Crippen LogP contribution in [0.5, 0.6) is 0 Å². The molecule has 1 saturated heterocycles. The molecule has 127 valence electrons. The number of nitrogens with zero attached hydrogens (tertiary/aromatic N) is 1. The average molecular weight is 322 g/mol. The van der Waals surface area contributed by atoms with Crippen LogP contribution in [0.3, 0.4) is 0 Å². The Labute approximate surface area is 152 Å². The van der Waals surface area contributed by atoms with Crippen molar-refractivity contribution in [3.8, 4) is 0 Å². The monoisotopic (exact) mass is 322 g/mol. The third kappa shape index (κ3) is 6.31. The fourth-order valence-corrected chi connectivity index (χ4v) is 3.26. The Hall–Kier alpha value is -0.705. The molecule has 1 fully saturated rings. The van der Waals surface area contributed by atoms with Crippen molar-refractivity contribution in [1.29, 1.82) is 0 Å². The molecule has 3 nitrogen and oxygen atoms in total. The lowest BCUT2D eigenvalue weighted by molar-refractivity contribution is 0.326. The van der Waals surface area contributed by atoms with Gasteiger partial charge in [-0.15, -0.1) is 0 Å². The second-order valence-electron chi connectivity index (χ2n) is 6.14. The molecule has 24 heavy (non-hydrogen) atoms. The summed E-state index contributed by atoms with van der Waals surface area (Å²) in [5, 5.41) is 3.47. The van der Waals surface area contributed by atoms with E-state index in [1.54, 1.807) is 7.17 Å². The third-order valence-corrected chi connectivity index (χ3v) is 4.57. The standard InChI is InChI=1S/C16H25B3N3.C2H6/c1-2-13(14-5-3-4-6-15(14)19-18)16(17)21-8-10-22-9-7-12(20)11-22;1-2/h3-6,12-13,16,21H,2,7-11,20H2,1H3;1-2H3. The Balaban J connectivity index is 0.00000139. The van der Waals surface area contributed by atoms with Crippen molar-refractivity contribution in [3.05, 3.63) is 29.8 Å². The van der Waals surface area contributed by atoms with Gasteiger partial charge in [0.05, 0.1) is 15.0 Å². The molecule has 3 unspecified atom stereocenters. The maximum absolute atomic E-state index is 6.39. The van der Waals surface area contributed by atoms with Gasteiger partial charge in [0.1, 0.15) is 0 Å². The Morgan fingerprint density at radius 1 is 1.38 bits per heavy atom. The fraction of sp³-hybridized carbons (Fsp3) is 0.667. The van der Waals surface area contributed by atoms with Gasteiger partial charge in [-0.3, -0.25) is 0 Å². The largest absolute Gasteiger partial charge is 0.326 e. The molecule has 0 aliphatic carbocycles. The Morgan fingerprint density at radius 3 is 2.67 bits per heavy atom. The van der Waals surface area contributed by atoms with Gasteiger partial charge in [0.15, 0.2) is 0 Å². The van der Waals surface area contributed by atoms with E-state index in [-0.39, 0.29) is 11.9 Å². The number of hydrogen-bond acceptors (Lipinski definition) is 3. The topological polar surface area (TPSA) is 41.3 Å². The van der Waals surface area contributed by atoms with Crippen LogP contribution in [0.2, 0.25) is 0 Å². The predicted octanol–water partition coefficient (Wildman–Crippen LogP) is 0.737. The zero-order valence-electron chi connectivity index (χ0n) is 15.5. The van der Waals surface area contributed by atoms with E-state index in [9.17, 15) is 0 Å². The highest BCUT2D eigenvalue weighted by atomic mass is 15.2. The highest BCUT2D eigenvalue weighted by Gasteiger charge is 2.21. The zero-order valence-corrected chi connectivity index (χ0v) is 15.5. The van der Waals surface area contributed by atoms with Gasteiger partial charge in [0.25, 0.3) is 0 Å². The number of benzene rings is 1. The number of nitrogens with two attached hydrogens (primary N) is 1. The van der Waals surface area contributed by atoms with Crippen LogP contribution in [0, 0.1) is 0 Å². The van der Waals surface area contributed by atoms with Crippen molar-refractivity contribution in [1.82, 2.24) is 10.2 Å². The third-order valence-electron chi connectivity index (χ3n) is 4.57. The lowest BCUT2D eigenvalue weighted by Crippen LogP contribution is -2.41. The van der Waals surface area contributed by atoms with E-state index in [2.05, 4.69) is 23.2 Å². The lowest BCUT2D eigenvalue weighted by atomic mass is 9.49. The van der Waals surface area contributed by atoms with Crippen LogP contribution in [-0.4, -0.2) is 65.8 Å². The molecule has 2 rings (SSSR count). The molecule has 6 heteroatoms. The summed E-state index contributed by atoms with van der Waals surface area (Å²) in [6.07, 6.45) is 2.08. The quantitative estimate of drug-likeness (QED) is 0.694. The van der Waals surface area contributed by atoms with Crippen molar-refractivity contribution >= 4 is 28.2 Å². The summed E-state index contributed by atoms with van der Waals surface area (Å²) in [5.74, 6) is 0.194. The number of likely N-dealkylation sites (tertiary alicyclic amines) is 1. The molecule has 1 aromatic carbocycles. The van der Waals surface area contributed by atoms with Gasteiger partial charge in [0.2, 0.25) is 0 Å².